The molecule has 0 aliphatic rings. The van der Waals surface area contributed by atoms with Crippen molar-refractivity contribution in [2.24, 2.45) is 0 Å². The van der Waals surface area contributed by atoms with E-state index in [9.17, 15) is 18.5 Å². The van der Waals surface area contributed by atoms with Gasteiger partial charge in [-0.25, -0.2) is 8.42 Å². The fourth-order valence-corrected chi connectivity index (χ4v) is 4.44. The molecule has 0 spiro atoms. The molecule has 0 bridgehead atoms. The Balaban J connectivity index is 2.63. The highest BCUT2D eigenvalue weighted by Gasteiger charge is 2.28. The van der Waals surface area contributed by atoms with Crippen LogP contribution in [-0.2, 0) is 10.0 Å². The molecule has 0 saturated carbocycles. The molecular formula is C17H20N2O4S. The number of anilines is 1. The van der Waals surface area contributed by atoms with E-state index in [4.69, 9.17) is 0 Å². The molecule has 0 aliphatic carbocycles. The van der Waals surface area contributed by atoms with Crippen molar-refractivity contribution in [3.63, 3.8) is 0 Å². The van der Waals surface area contributed by atoms with Crippen molar-refractivity contribution >= 4 is 21.4 Å². The first-order valence-electron chi connectivity index (χ1n) is 7.53. The zero-order chi connectivity index (χ0) is 18.1. The van der Waals surface area contributed by atoms with Gasteiger partial charge in [0.15, 0.2) is 0 Å². The summed E-state index contributed by atoms with van der Waals surface area (Å²) >= 11 is 0. The maximum atomic E-state index is 13.1. The molecule has 24 heavy (non-hydrogen) atoms. The smallest absolute Gasteiger partial charge is 0.266 e. The Morgan fingerprint density at radius 2 is 1.71 bits per heavy atom. The van der Waals surface area contributed by atoms with E-state index in [2.05, 4.69) is 0 Å². The number of rotatable bonds is 5. The largest absolute Gasteiger partial charge is 0.270 e. The zero-order valence-electron chi connectivity index (χ0n) is 14.1. The lowest BCUT2D eigenvalue weighted by atomic mass is 10.1. The average Bonchev–Trinajstić information content (AvgIpc) is 2.50. The molecule has 0 aliphatic heterocycles. The highest BCUT2D eigenvalue weighted by Crippen LogP contribution is 2.30. The maximum absolute atomic E-state index is 13.1. The third-order valence-corrected chi connectivity index (χ3v) is 5.89. The molecule has 7 heteroatoms. The van der Waals surface area contributed by atoms with E-state index in [0.29, 0.717) is 11.3 Å². The summed E-state index contributed by atoms with van der Waals surface area (Å²) in [7, 11) is -3.90. The summed E-state index contributed by atoms with van der Waals surface area (Å²) in [4.78, 5) is 10.4. The number of sulfonamides is 1. The summed E-state index contributed by atoms with van der Waals surface area (Å²) in [5, 5.41) is 11.0. The Morgan fingerprint density at radius 1 is 1.04 bits per heavy atom. The molecule has 6 nitrogen and oxygen atoms in total. The van der Waals surface area contributed by atoms with Crippen LogP contribution in [0.4, 0.5) is 11.4 Å². The molecule has 0 atom stereocenters. The molecule has 0 radical (unpaired) electrons. The van der Waals surface area contributed by atoms with Crippen molar-refractivity contribution in [3.8, 4) is 0 Å². The van der Waals surface area contributed by atoms with E-state index in [1.165, 1.54) is 16.4 Å². The topological polar surface area (TPSA) is 80.5 Å². The molecule has 2 aromatic carbocycles. The van der Waals surface area contributed by atoms with E-state index in [1.807, 2.05) is 26.0 Å². The monoisotopic (exact) mass is 348 g/mol. The number of hydrogen-bond donors (Lipinski definition) is 0. The molecule has 0 fully saturated rings. The summed E-state index contributed by atoms with van der Waals surface area (Å²) in [6.07, 6.45) is 0. The molecule has 0 amide bonds. The average molecular weight is 348 g/mol. The van der Waals surface area contributed by atoms with Crippen molar-refractivity contribution in [1.82, 2.24) is 0 Å². The molecule has 2 aromatic rings. The van der Waals surface area contributed by atoms with Crippen molar-refractivity contribution < 1.29 is 13.3 Å². The van der Waals surface area contributed by atoms with E-state index in [-0.39, 0.29) is 17.1 Å². The minimum atomic E-state index is -3.90. The van der Waals surface area contributed by atoms with Crippen molar-refractivity contribution in [3.05, 3.63) is 63.2 Å². The Morgan fingerprint density at radius 3 is 2.25 bits per heavy atom. The normalized spacial score (nSPS) is 11.3. The zero-order valence-corrected chi connectivity index (χ0v) is 14.9. The van der Waals surface area contributed by atoms with Crippen LogP contribution in [0, 0.1) is 30.9 Å². The van der Waals surface area contributed by atoms with Gasteiger partial charge in [0.25, 0.3) is 15.7 Å². The second-order valence-corrected chi connectivity index (χ2v) is 7.50. The minimum absolute atomic E-state index is 0.0430. The first-order chi connectivity index (χ1) is 11.2. The van der Waals surface area contributed by atoms with E-state index in [1.54, 1.807) is 19.9 Å². The van der Waals surface area contributed by atoms with Crippen molar-refractivity contribution in [2.45, 2.75) is 32.6 Å². The molecule has 0 heterocycles. The second-order valence-electron chi connectivity index (χ2n) is 5.67. The third kappa shape index (κ3) is 3.26. The number of non-ortho nitro benzene ring substituents is 1. The van der Waals surface area contributed by atoms with Crippen LogP contribution in [-0.4, -0.2) is 19.9 Å². The van der Waals surface area contributed by atoms with Crippen LogP contribution in [0.25, 0.3) is 0 Å². The van der Waals surface area contributed by atoms with Gasteiger partial charge in [0.1, 0.15) is 0 Å². The number of nitrogens with zero attached hydrogens (tertiary/aromatic N) is 2. The summed E-state index contributed by atoms with van der Waals surface area (Å²) < 4.78 is 27.5. The van der Waals surface area contributed by atoms with Gasteiger partial charge < -0.3 is 0 Å². The molecule has 2 rings (SSSR count). The molecule has 128 valence electrons. The Labute approximate surface area is 141 Å². The highest BCUT2D eigenvalue weighted by molar-refractivity contribution is 7.92. The lowest BCUT2D eigenvalue weighted by Crippen LogP contribution is -2.32. The van der Waals surface area contributed by atoms with Gasteiger partial charge in [0.2, 0.25) is 0 Å². The SMILES string of the molecule is CCN(c1ccc(C)cc1C)S(=O)(=O)c1cc([N+](=O)[O-])ccc1C. The van der Waals surface area contributed by atoms with Gasteiger partial charge in [-0.15, -0.1) is 0 Å². The summed E-state index contributed by atoms with van der Waals surface area (Å²) in [6, 6.07) is 9.41. The van der Waals surface area contributed by atoms with Gasteiger partial charge in [-0.2, -0.15) is 0 Å². The van der Waals surface area contributed by atoms with Crippen LogP contribution in [0.5, 0.6) is 0 Å². The van der Waals surface area contributed by atoms with E-state index < -0.39 is 14.9 Å². The van der Waals surface area contributed by atoms with Crippen LogP contribution >= 0.6 is 0 Å². The van der Waals surface area contributed by atoms with Crippen LogP contribution in [0.1, 0.15) is 23.6 Å². The molecule has 0 aromatic heterocycles. The number of benzene rings is 2. The van der Waals surface area contributed by atoms with Crippen molar-refractivity contribution in [2.75, 3.05) is 10.8 Å². The lowest BCUT2D eigenvalue weighted by Gasteiger charge is -2.25. The fourth-order valence-electron chi connectivity index (χ4n) is 2.65. The predicted octanol–water partition coefficient (Wildman–Crippen LogP) is 3.74. The first kappa shape index (κ1) is 17.9. The first-order valence-corrected chi connectivity index (χ1v) is 8.97. The second kappa shape index (κ2) is 6.60. The maximum Gasteiger partial charge on any atom is 0.270 e. The predicted molar refractivity (Wildman–Crippen MR) is 94.0 cm³/mol. The van der Waals surface area contributed by atoms with Gasteiger partial charge in [-0.1, -0.05) is 23.8 Å². The fraction of sp³-hybridized carbons (Fsp3) is 0.294. The quantitative estimate of drug-likeness (QED) is 0.609. The van der Waals surface area contributed by atoms with E-state index in [0.717, 1.165) is 17.2 Å². The molecule has 0 unspecified atom stereocenters. The summed E-state index contributed by atoms with van der Waals surface area (Å²) in [5.41, 5.74) is 2.69. The minimum Gasteiger partial charge on any atom is -0.266 e. The van der Waals surface area contributed by atoms with Gasteiger partial charge in [0, 0.05) is 18.7 Å². The van der Waals surface area contributed by atoms with Gasteiger partial charge in [0.05, 0.1) is 15.5 Å². The van der Waals surface area contributed by atoms with Gasteiger partial charge >= 0.3 is 0 Å². The van der Waals surface area contributed by atoms with Gasteiger partial charge in [-0.05, 0) is 44.9 Å². The Kier molecular flexibility index (Phi) is 4.94. The third-order valence-electron chi connectivity index (χ3n) is 3.86. The summed E-state index contributed by atoms with van der Waals surface area (Å²) in [5.74, 6) is 0. The number of nitro benzene ring substituents is 1. The Hall–Kier alpha value is -2.41. The van der Waals surface area contributed by atoms with Gasteiger partial charge in [-0.3, -0.25) is 14.4 Å². The molecular weight excluding hydrogens is 328 g/mol. The molecule has 0 N–H and O–H groups in total. The van der Waals surface area contributed by atoms with Crippen LogP contribution in [0.15, 0.2) is 41.3 Å². The summed E-state index contributed by atoms with van der Waals surface area (Å²) in [6.45, 7) is 7.39. The standard InChI is InChI=1S/C17H20N2O4S/c1-5-18(16-9-6-12(2)10-14(16)4)24(22,23)17-11-15(19(20)21)8-7-13(17)3/h6-11H,5H2,1-4H3. The number of hydrogen-bond acceptors (Lipinski definition) is 4. The molecule has 0 saturated heterocycles. The van der Waals surface area contributed by atoms with Crippen molar-refractivity contribution in [1.29, 1.82) is 0 Å². The highest BCUT2D eigenvalue weighted by atomic mass is 32.2. The van der Waals surface area contributed by atoms with Crippen LogP contribution in [0.2, 0.25) is 0 Å². The van der Waals surface area contributed by atoms with Crippen LogP contribution in [0.3, 0.4) is 0 Å². The number of aryl methyl sites for hydroxylation is 3. The number of nitro groups is 1. The van der Waals surface area contributed by atoms with E-state index >= 15 is 0 Å². The Bertz CT molecular complexity index is 891. The lowest BCUT2D eigenvalue weighted by molar-refractivity contribution is -0.385. The van der Waals surface area contributed by atoms with Crippen LogP contribution < -0.4 is 4.31 Å².